The number of nitrogens with zero attached hydrogens (tertiary/aromatic N) is 1. The lowest BCUT2D eigenvalue weighted by Gasteiger charge is -2.10. The predicted molar refractivity (Wildman–Crippen MR) is 66.6 cm³/mol. The van der Waals surface area contributed by atoms with Gasteiger partial charge in [0.15, 0.2) is 0 Å². The van der Waals surface area contributed by atoms with Crippen LogP contribution in [-0.2, 0) is 0 Å². The molecule has 2 rings (SSSR count). The molecule has 0 aliphatic rings. The molecule has 0 saturated heterocycles. The maximum absolute atomic E-state index is 11.2. The van der Waals surface area contributed by atoms with Crippen LogP contribution in [0.25, 0.3) is 11.3 Å². The van der Waals surface area contributed by atoms with Crippen LogP contribution in [-0.4, -0.2) is 17.1 Å². The number of hydrogen-bond donors (Lipinski definition) is 1. The first-order valence-electron chi connectivity index (χ1n) is 5.01. The highest BCUT2D eigenvalue weighted by molar-refractivity contribution is 6.31. The number of H-pyrrole nitrogens is 1. The van der Waals surface area contributed by atoms with Crippen LogP contribution in [0.3, 0.4) is 0 Å². The SMILES string of the molecule is COc1cc(C)c(Cl)cc1-c1ccnc(=O)[nH]1. The number of aromatic amines is 1. The van der Waals surface area contributed by atoms with E-state index >= 15 is 0 Å². The molecule has 0 spiro atoms. The van der Waals surface area contributed by atoms with Crippen molar-refractivity contribution in [1.29, 1.82) is 0 Å². The Kier molecular flexibility index (Phi) is 3.15. The van der Waals surface area contributed by atoms with Crippen LogP contribution in [0.15, 0.2) is 29.2 Å². The number of halogens is 1. The molecule has 0 bridgehead atoms. The summed E-state index contributed by atoms with van der Waals surface area (Å²) in [5.74, 6) is 0.661. The second-order valence-corrected chi connectivity index (χ2v) is 4.00. The number of rotatable bonds is 2. The Hall–Kier alpha value is -1.81. The molecule has 2 aromatic rings. The Morgan fingerprint density at radius 3 is 2.82 bits per heavy atom. The third kappa shape index (κ3) is 2.31. The summed E-state index contributed by atoms with van der Waals surface area (Å²) in [5, 5.41) is 0.624. The van der Waals surface area contributed by atoms with E-state index in [2.05, 4.69) is 9.97 Å². The number of benzene rings is 1. The summed E-state index contributed by atoms with van der Waals surface area (Å²) in [7, 11) is 1.57. The highest BCUT2D eigenvalue weighted by Crippen LogP contribution is 2.32. The fourth-order valence-corrected chi connectivity index (χ4v) is 1.72. The molecular weight excluding hydrogens is 240 g/mol. The first-order chi connectivity index (χ1) is 8.11. The standard InChI is InChI=1S/C12H11ClN2O2/c1-7-5-11(17-2)8(6-9(7)13)10-3-4-14-12(16)15-10/h3-6H,1-2H3,(H,14,15,16). The van der Waals surface area contributed by atoms with Crippen LogP contribution in [0.2, 0.25) is 5.02 Å². The summed E-state index contributed by atoms with van der Waals surface area (Å²) < 4.78 is 5.27. The van der Waals surface area contributed by atoms with E-state index in [1.54, 1.807) is 19.2 Å². The summed E-state index contributed by atoms with van der Waals surface area (Å²) in [6, 6.07) is 5.29. The summed E-state index contributed by atoms with van der Waals surface area (Å²) in [6.45, 7) is 1.89. The van der Waals surface area contributed by atoms with Gasteiger partial charge in [0, 0.05) is 16.8 Å². The first-order valence-corrected chi connectivity index (χ1v) is 5.39. The largest absolute Gasteiger partial charge is 0.496 e. The molecule has 0 radical (unpaired) electrons. The summed E-state index contributed by atoms with van der Waals surface area (Å²) in [4.78, 5) is 17.4. The van der Waals surface area contributed by atoms with Crippen molar-refractivity contribution in [2.45, 2.75) is 6.92 Å². The number of aryl methyl sites for hydroxylation is 1. The lowest BCUT2D eigenvalue weighted by molar-refractivity contribution is 0.416. The average Bonchev–Trinajstić information content (AvgIpc) is 2.32. The number of aromatic nitrogens is 2. The van der Waals surface area contributed by atoms with Gasteiger partial charge in [-0.05, 0) is 30.7 Å². The van der Waals surface area contributed by atoms with Gasteiger partial charge in [-0.25, -0.2) is 9.78 Å². The van der Waals surface area contributed by atoms with Gasteiger partial charge in [-0.1, -0.05) is 11.6 Å². The van der Waals surface area contributed by atoms with Crippen molar-refractivity contribution in [3.05, 3.63) is 45.5 Å². The Morgan fingerprint density at radius 2 is 2.18 bits per heavy atom. The van der Waals surface area contributed by atoms with E-state index in [1.165, 1.54) is 6.20 Å². The molecule has 1 N–H and O–H groups in total. The highest BCUT2D eigenvalue weighted by atomic mass is 35.5. The lowest BCUT2D eigenvalue weighted by Crippen LogP contribution is -2.09. The monoisotopic (exact) mass is 250 g/mol. The molecule has 0 aliphatic carbocycles. The van der Waals surface area contributed by atoms with Crippen LogP contribution >= 0.6 is 11.6 Å². The fraction of sp³-hybridized carbons (Fsp3) is 0.167. The third-order valence-corrected chi connectivity index (χ3v) is 2.85. The van der Waals surface area contributed by atoms with Crippen LogP contribution < -0.4 is 10.4 Å². The average molecular weight is 251 g/mol. The highest BCUT2D eigenvalue weighted by Gasteiger charge is 2.09. The van der Waals surface area contributed by atoms with Crippen molar-refractivity contribution in [3.8, 4) is 17.0 Å². The number of methoxy groups -OCH3 is 1. The van der Waals surface area contributed by atoms with E-state index in [0.29, 0.717) is 16.5 Å². The Balaban J connectivity index is 2.66. The lowest BCUT2D eigenvalue weighted by atomic mass is 10.1. The van der Waals surface area contributed by atoms with Gasteiger partial charge in [-0.2, -0.15) is 0 Å². The van der Waals surface area contributed by atoms with Crippen molar-refractivity contribution >= 4 is 11.6 Å². The van der Waals surface area contributed by atoms with Crippen molar-refractivity contribution < 1.29 is 4.74 Å². The van der Waals surface area contributed by atoms with Crippen molar-refractivity contribution in [3.63, 3.8) is 0 Å². The Labute approximate surface area is 103 Å². The molecule has 0 unspecified atom stereocenters. The van der Waals surface area contributed by atoms with Crippen LogP contribution in [0.4, 0.5) is 0 Å². The maximum Gasteiger partial charge on any atom is 0.345 e. The van der Waals surface area contributed by atoms with E-state index in [0.717, 1.165) is 11.1 Å². The Bertz CT molecular complexity index is 608. The van der Waals surface area contributed by atoms with Gasteiger partial charge in [-0.3, -0.25) is 0 Å². The van der Waals surface area contributed by atoms with Gasteiger partial charge in [0.1, 0.15) is 5.75 Å². The molecule has 0 atom stereocenters. The summed E-state index contributed by atoms with van der Waals surface area (Å²) >= 11 is 6.07. The van der Waals surface area contributed by atoms with Gasteiger partial charge in [0.2, 0.25) is 0 Å². The van der Waals surface area contributed by atoms with E-state index < -0.39 is 5.69 Å². The fourth-order valence-electron chi connectivity index (χ4n) is 1.56. The van der Waals surface area contributed by atoms with Crippen molar-refractivity contribution in [2.24, 2.45) is 0 Å². The van der Waals surface area contributed by atoms with Gasteiger partial charge in [-0.15, -0.1) is 0 Å². The van der Waals surface area contributed by atoms with Gasteiger partial charge >= 0.3 is 5.69 Å². The first kappa shape index (κ1) is 11.7. The molecule has 1 aromatic heterocycles. The number of hydrogen-bond acceptors (Lipinski definition) is 3. The zero-order valence-electron chi connectivity index (χ0n) is 9.45. The molecule has 0 saturated carbocycles. The normalized spacial score (nSPS) is 10.3. The van der Waals surface area contributed by atoms with E-state index in [1.807, 2.05) is 13.0 Å². The molecule has 88 valence electrons. The zero-order valence-corrected chi connectivity index (χ0v) is 10.2. The minimum absolute atomic E-state index is 0.402. The van der Waals surface area contributed by atoms with Crippen molar-refractivity contribution in [2.75, 3.05) is 7.11 Å². The van der Waals surface area contributed by atoms with E-state index in [-0.39, 0.29) is 0 Å². The molecule has 0 aliphatic heterocycles. The summed E-state index contributed by atoms with van der Waals surface area (Å²) in [5.41, 5.74) is 1.89. The van der Waals surface area contributed by atoms with E-state index in [9.17, 15) is 4.79 Å². The van der Waals surface area contributed by atoms with Crippen LogP contribution in [0, 0.1) is 6.92 Å². The topological polar surface area (TPSA) is 55.0 Å². The zero-order chi connectivity index (χ0) is 12.4. The predicted octanol–water partition coefficient (Wildman–Crippen LogP) is 2.41. The van der Waals surface area contributed by atoms with Crippen LogP contribution in [0.5, 0.6) is 5.75 Å². The second-order valence-electron chi connectivity index (χ2n) is 3.59. The van der Waals surface area contributed by atoms with Gasteiger partial charge in [0.05, 0.1) is 12.8 Å². The van der Waals surface area contributed by atoms with Crippen molar-refractivity contribution in [1.82, 2.24) is 9.97 Å². The van der Waals surface area contributed by atoms with Crippen LogP contribution in [0.1, 0.15) is 5.56 Å². The minimum atomic E-state index is -0.402. The maximum atomic E-state index is 11.2. The smallest absolute Gasteiger partial charge is 0.345 e. The molecular formula is C12H11ClN2O2. The van der Waals surface area contributed by atoms with E-state index in [4.69, 9.17) is 16.3 Å². The second kappa shape index (κ2) is 4.59. The molecule has 0 amide bonds. The molecule has 1 heterocycles. The molecule has 4 nitrogen and oxygen atoms in total. The number of nitrogens with one attached hydrogen (secondary N) is 1. The third-order valence-electron chi connectivity index (χ3n) is 2.45. The van der Waals surface area contributed by atoms with Gasteiger partial charge in [0.25, 0.3) is 0 Å². The quantitative estimate of drug-likeness (QED) is 0.891. The Morgan fingerprint density at radius 1 is 1.41 bits per heavy atom. The molecule has 17 heavy (non-hydrogen) atoms. The van der Waals surface area contributed by atoms with Gasteiger partial charge < -0.3 is 9.72 Å². The summed E-state index contributed by atoms with van der Waals surface area (Å²) in [6.07, 6.45) is 1.45. The number of ether oxygens (including phenoxy) is 1. The molecule has 1 aromatic carbocycles. The molecule has 0 fully saturated rings. The molecule has 5 heteroatoms. The minimum Gasteiger partial charge on any atom is -0.496 e.